The number of hydrogen-bond donors (Lipinski definition) is 0. The van der Waals surface area contributed by atoms with Gasteiger partial charge in [0.2, 0.25) is 5.91 Å². The van der Waals surface area contributed by atoms with Crippen LogP contribution in [-0.2, 0) is 9.53 Å². The molecule has 3 aliphatic rings. The zero-order valence-electron chi connectivity index (χ0n) is 15.5. The molecule has 0 radical (unpaired) electrons. The molecule has 2 aromatic rings. The number of amides is 1. The number of anilines is 1. The normalized spacial score (nSPS) is 25.8. The minimum absolute atomic E-state index is 0.0103. The van der Waals surface area contributed by atoms with Crippen molar-refractivity contribution in [3.63, 3.8) is 0 Å². The van der Waals surface area contributed by atoms with Gasteiger partial charge >= 0.3 is 0 Å². The number of nitriles is 1. The zero-order valence-corrected chi connectivity index (χ0v) is 15.5. The van der Waals surface area contributed by atoms with Crippen molar-refractivity contribution in [3.8, 4) is 6.07 Å². The molecule has 5 rings (SSSR count). The van der Waals surface area contributed by atoms with E-state index in [9.17, 15) is 4.79 Å². The predicted molar refractivity (Wildman–Crippen MR) is 101 cm³/mol. The summed E-state index contributed by atoms with van der Waals surface area (Å²) in [4.78, 5) is 25.8. The first kappa shape index (κ1) is 17.1. The van der Waals surface area contributed by atoms with Gasteiger partial charge in [-0.3, -0.25) is 4.79 Å². The van der Waals surface area contributed by atoms with E-state index in [4.69, 9.17) is 10.00 Å². The Morgan fingerprint density at radius 2 is 1.96 bits per heavy atom. The van der Waals surface area contributed by atoms with Gasteiger partial charge in [0.15, 0.2) is 0 Å². The largest absolute Gasteiger partial charge is 0.356 e. The SMILES string of the molecule is N#Cc1cc(N2CCC3(CC2)CC2OCC(c4ccccc4)N2C3=O)ncn1. The number of nitrogens with zero attached hydrogens (tertiary/aromatic N) is 5. The average molecular weight is 375 g/mol. The molecule has 7 heteroatoms. The second-order valence-corrected chi connectivity index (χ2v) is 7.77. The van der Waals surface area contributed by atoms with Crippen LogP contribution in [0.5, 0.6) is 0 Å². The monoisotopic (exact) mass is 375 g/mol. The van der Waals surface area contributed by atoms with Crippen molar-refractivity contribution >= 4 is 11.7 Å². The Hall–Kier alpha value is -2.98. The van der Waals surface area contributed by atoms with E-state index in [1.165, 1.54) is 6.33 Å². The molecule has 0 saturated carbocycles. The first-order valence-electron chi connectivity index (χ1n) is 9.67. The number of rotatable bonds is 2. The second-order valence-electron chi connectivity index (χ2n) is 7.77. The van der Waals surface area contributed by atoms with Crippen molar-refractivity contribution in [1.29, 1.82) is 5.26 Å². The molecule has 1 aromatic carbocycles. The maximum atomic E-state index is 13.4. The van der Waals surface area contributed by atoms with Crippen LogP contribution in [0.3, 0.4) is 0 Å². The Kier molecular flexibility index (Phi) is 4.02. The van der Waals surface area contributed by atoms with Crippen LogP contribution in [0.15, 0.2) is 42.7 Å². The lowest BCUT2D eigenvalue weighted by Crippen LogP contribution is -2.45. The summed E-state index contributed by atoms with van der Waals surface area (Å²) < 4.78 is 6.02. The van der Waals surface area contributed by atoms with Crippen molar-refractivity contribution in [2.45, 2.75) is 31.5 Å². The van der Waals surface area contributed by atoms with Gasteiger partial charge in [0.05, 0.1) is 18.1 Å². The Balaban J connectivity index is 1.33. The van der Waals surface area contributed by atoms with Crippen molar-refractivity contribution in [1.82, 2.24) is 14.9 Å². The van der Waals surface area contributed by atoms with Crippen LogP contribution >= 0.6 is 0 Å². The van der Waals surface area contributed by atoms with Crippen LogP contribution in [0.1, 0.15) is 36.6 Å². The highest BCUT2D eigenvalue weighted by atomic mass is 16.5. The van der Waals surface area contributed by atoms with Crippen LogP contribution in [0.4, 0.5) is 5.82 Å². The number of benzene rings is 1. The first-order chi connectivity index (χ1) is 13.7. The van der Waals surface area contributed by atoms with E-state index >= 15 is 0 Å². The summed E-state index contributed by atoms with van der Waals surface area (Å²) in [5.74, 6) is 0.981. The fourth-order valence-electron chi connectivity index (χ4n) is 4.78. The number of carbonyl (C=O) groups is 1. The third kappa shape index (κ3) is 2.64. The molecule has 2 unspecified atom stereocenters. The smallest absolute Gasteiger partial charge is 0.231 e. The Morgan fingerprint density at radius 1 is 1.18 bits per heavy atom. The molecule has 3 aliphatic heterocycles. The predicted octanol–water partition coefficient (Wildman–Crippen LogP) is 2.26. The fourth-order valence-corrected chi connectivity index (χ4v) is 4.78. The molecule has 3 saturated heterocycles. The van der Waals surface area contributed by atoms with E-state index in [0.29, 0.717) is 12.3 Å². The molecular weight excluding hydrogens is 354 g/mol. The highest BCUT2D eigenvalue weighted by Crippen LogP contribution is 2.50. The topological polar surface area (TPSA) is 82.4 Å². The van der Waals surface area contributed by atoms with Crippen LogP contribution in [0.2, 0.25) is 0 Å². The van der Waals surface area contributed by atoms with Gasteiger partial charge in [0, 0.05) is 25.6 Å². The number of carbonyl (C=O) groups excluding carboxylic acids is 1. The molecule has 1 aromatic heterocycles. The van der Waals surface area contributed by atoms with Crippen molar-refractivity contribution in [2.24, 2.45) is 5.41 Å². The molecule has 7 nitrogen and oxygen atoms in total. The third-order valence-electron chi connectivity index (χ3n) is 6.34. The molecule has 0 aliphatic carbocycles. The maximum Gasteiger partial charge on any atom is 0.231 e. The van der Waals surface area contributed by atoms with Crippen molar-refractivity contribution in [3.05, 3.63) is 54.0 Å². The number of piperidine rings is 1. The summed E-state index contributed by atoms with van der Waals surface area (Å²) in [5.41, 5.74) is 1.15. The molecule has 142 valence electrons. The van der Waals surface area contributed by atoms with Crippen LogP contribution in [-0.4, -0.2) is 46.7 Å². The molecule has 28 heavy (non-hydrogen) atoms. The number of fused-ring (bicyclic) bond motifs is 1. The number of hydrogen-bond acceptors (Lipinski definition) is 6. The van der Waals surface area contributed by atoms with Gasteiger partial charge < -0.3 is 14.5 Å². The molecule has 0 bridgehead atoms. The summed E-state index contributed by atoms with van der Waals surface area (Å²) in [6.07, 6.45) is 3.61. The van der Waals surface area contributed by atoms with E-state index < -0.39 is 0 Å². The summed E-state index contributed by atoms with van der Waals surface area (Å²) in [7, 11) is 0. The summed E-state index contributed by atoms with van der Waals surface area (Å²) in [5, 5.41) is 9.05. The van der Waals surface area contributed by atoms with Gasteiger partial charge in [0.1, 0.15) is 30.1 Å². The van der Waals surface area contributed by atoms with Gasteiger partial charge in [0.25, 0.3) is 0 Å². The highest BCUT2D eigenvalue weighted by Gasteiger charge is 2.57. The third-order valence-corrected chi connectivity index (χ3v) is 6.34. The summed E-state index contributed by atoms with van der Waals surface area (Å²) in [6, 6.07) is 13.9. The average Bonchev–Trinajstić information content (AvgIpc) is 3.27. The standard InChI is InChI=1S/C21H21N5O2/c22-12-16-10-18(24-14-23-16)25-8-6-21(7-9-25)11-19-26(20(21)27)17(13-28-19)15-4-2-1-3-5-15/h1-5,10,14,17,19H,6-9,11,13H2. The van der Waals surface area contributed by atoms with Crippen LogP contribution in [0, 0.1) is 16.7 Å². The van der Waals surface area contributed by atoms with E-state index in [1.54, 1.807) is 6.07 Å². The summed E-state index contributed by atoms with van der Waals surface area (Å²) in [6.45, 7) is 2.05. The van der Waals surface area contributed by atoms with E-state index in [0.717, 1.165) is 43.7 Å². The summed E-state index contributed by atoms with van der Waals surface area (Å²) >= 11 is 0. The lowest BCUT2D eigenvalue weighted by atomic mass is 9.76. The molecule has 4 heterocycles. The molecule has 2 atom stereocenters. The highest BCUT2D eigenvalue weighted by molar-refractivity contribution is 5.86. The van der Waals surface area contributed by atoms with Crippen molar-refractivity contribution in [2.75, 3.05) is 24.6 Å². The minimum Gasteiger partial charge on any atom is -0.356 e. The van der Waals surface area contributed by atoms with Crippen molar-refractivity contribution < 1.29 is 9.53 Å². The number of ether oxygens (including phenoxy) is 1. The quantitative estimate of drug-likeness (QED) is 0.801. The first-order valence-corrected chi connectivity index (χ1v) is 9.67. The number of aromatic nitrogens is 2. The Bertz CT molecular complexity index is 933. The molecule has 1 amide bonds. The molecule has 3 fully saturated rings. The molecule has 1 spiro atoms. The van der Waals surface area contributed by atoms with Gasteiger partial charge in [-0.15, -0.1) is 0 Å². The zero-order chi connectivity index (χ0) is 19.1. The van der Waals surface area contributed by atoms with Crippen LogP contribution in [0.25, 0.3) is 0 Å². The van der Waals surface area contributed by atoms with Gasteiger partial charge in [-0.2, -0.15) is 5.26 Å². The van der Waals surface area contributed by atoms with Crippen LogP contribution < -0.4 is 4.90 Å². The molecular formula is C21H21N5O2. The van der Waals surface area contributed by atoms with E-state index in [-0.39, 0.29) is 23.6 Å². The van der Waals surface area contributed by atoms with Gasteiger partial charge in [-0.1, -0.05) is 30.3 Å². The minimum atomic E-state index is -0.348. The van der Waals surface area contributed by atoms with Gasteiger partial charge in [-0.25, -0.2) is 9.97 Å². The Labute approximate surface area is 163 Å². The second kappa shape index (κ2) is 6.57. The lowest BCUT2D eigenvalue weighted by molar-refractivity contribution is -0.139. The van der Waals surface area contributed by atoms with Gasteiger partial charge in [-0.05, 0) is 18.4 Å². The lowest BCUT2D eigenvalue weighted by Gasteiger charge is -2.38. The fraction of sp³-hybridized carbons (Fsp3) is 0.429. The van der Waals surface area contributed by atoms with E-state index in [2.05, 4.69) is 33.1 Å². The molecule has 0 N–H and O–H groups in total. The van der Waals surface area contributed by atoms with E-state index in [1.807, 2.05) is 23.1 Å². The maximum absolute atomic E-state index is 13.4. The Morgan fingerprint density at radius 3 is 2.71 bits per heavy atom.